The molecule has 0 aliphatic rings. The van der Waals surface area contributed by atoms with Crippen LogP contribution in [0, 0.1) is 0 Å². The van der Waals surface area contributed by atoms with E-state index < -0.39 is 0 Å². The third-order valence-electron chi connectivity index (χ3n) is 2.64. The molecule has 4 heteroatoms. The van der Waals surface area contributed by atoms with E-state index in [1.165, 1.54) is 18.5 Å². The molecule has 1 N–H and O–H groups in total. The summed E-state index contributed by atoms with van der Waals surface area (Å²) in [6, 6.07) is 11.2. The van der Waals surface area contributed by atoms with Gasteiger partial charge in [0.05, 0.1) is 11.8 Å². The summed E-state index contributed by atoms with van der Waals surface area (Å²) >= 11 is 0. The number of hydrogen-bond acceptors (Lipinski definition) is 3. The fraction of sp³-hybridized carbons (Fsp3) is 0.143. The van der Waals surface area contributed by atoms with Gasteiger partial charge < -0.3 is 10.0 Å². The average molecular weight is 242 g/mol. The highest BCUT2D eigenvalue weighted by Gasteiger charge is 2.15. The number of pyridine rings is 1. The van der Waals surface area contributed by atoms with Crippen LogP contribution in [0.3, 0.4) is 0 Å². The van der Waals surface area contributed by atoms with Crippen molar-refractivity contribution < 1.29 is 9.90 Å². The van der Waals surface area contributed by atoms with Gasteiger partial charge >= 0.3 is 0 Å². The topological polar surface area (TPSA) is 53.4 Å². The number of nitrogens with zero attached hydrogens (tertiary/aromatic N) is 2. The van der Waals surface area contributed by atoms with Gasteiger partial charge in [0.2, 0.25) is 0 Å². The molecule has 0 unspecified atom stereocenters. The molecule has 0 atom stereocenters. The first-order valence-electron chi connectivity index (χ1n) is 5.61. The van der Waals surface area contributed by atoms with Crippen LogP contribution in [-0.2, 0) is 6.54 Å². The minimum absolute atomic E-state index is 0.0950. The molecule has 1 aromatic heterocycles. The quantitative estimate of drug-likeness (QED) is 0.896. The summed E-state index contributed by atoms with van der Waals surface area (Å²) in [7, 11) is 1.70. The van der Waals surface area contributed by atoms with Crippen molar-refractivity contribution in [2.75, 3.05) is 7.05 Å². The van der Waals surface area contributed by atoms with Gasteiger partial charge in [0.15, 0.2) is 0 Å². The van der Waals surface area contributed by atoms with Crippen molar-refractivity contribution in [2.24, 2.45) is 0 Å². The van der Waals surface area contributed by atoms with Crippen molar-refractivity contribution in [1.82, 2.24) is 9.88 Å². The second kappa shape index (κ2) is 5.31. The van der Waals surface area contributed by atoms with Crippen LogP contribution in [-0.4, -0.2) is 27.9 Å². The predicted molar refractivity (Wildman–Crippen MR) is 68.1 cm³/mol. The lowest BCUT2D eigenvalue weighted by Gasteiger charge is -2.17. The summed E-state index contributed by atoms with van der Waals surface area (Å²) in [6.07, 6.45) is 2.76. The second-order valence-corrected chi connectivity index (χ2v) is 4.04. The van der Waals surface area contributed by atoms with Crippen LogP contribution in [0.5, 0.6) is 5.75 Å². The smallest absolute Gasteiger partial charge is 0.257 e. The molecule has 0 spiro atoms. The number of carbonyl (C=O) groups excluding carboxylic acids is 1. The molecule has 2 aromatic rings. The largest absolute Gasteiger partial charge is 0.505 e. The Balaban J connectivity index is 2.13. The molecule has 18 heavy (non-hydrogen) atoms. The maximum absolute atomic E-state index is 12.1. The minimum Gasteiger partial charge on any atom is -0.505 e. The van der Waals surface area contributed by atoms with Gasteiger partial charge in [-0.1, -0.05) is 30.3 Å². The molecule has 0 saturated heterocycles. The zero-order valence-electron chi connectivity index (χ0n) is 10.1. The number of aromatic hydroxyl groups is 1. The minimum atomic E-state index is -0.223. The van der Waals surface area contributed by atoms with Crippen LogP contribution >= 0.6 is 0 Å². The molecule has 0 fully saturated rings. The van der Waals surface area contributed by atoms with Crippen LogP contribution in [0.4, 0.5) is 0 Å². The van der Waals surface area contributed by atoms with Crippen LogP contribution in [0.1, 0.15) is 15.9 Å². The number of aromatic nitrogens is 1. The van der Waals surface area contributed by atoms with E-state index in [2.05, 4.69) is 4.98 Å². The van der Waals surface area contributed by atoms with Crippen LogP contribution < -0.4 is 0 Å². The second-order valence-electron chi connectivity index (χ2n) is 4.04. The molecular formula is C14H14N2O2. The number of amides is 1. The lowest BCUT2D eigenvalue weighted by Crippen LogP contribution is -2.26. The Hall–Kier alpha value is -2.36. The van der Waals surface area contributed by atoms with Crippen LogP contribution in [0.2, 0.25) is 0 Å². The fourth-order valence-corrected chi connectivity index (χ4v) is 1.70. The molecule has 0 radical (unpaired) electrons. The highest BCUT2D eigenvalue weighted by atomic mass is 16.3. The van der Waals surface area contributed by atoms with Gasteiger partial charge in [-0.15, -0.1) is 0 Å². The molecule has 92 valence electrons. The molecule has 0 bridgehead atoms. The molecule has 2 rings (SSSR count). The van der Waals surface area contributed by atoms with E-state index in [0.29, 0.717) is 6.54 Å². The Kier molecular flexibility index (Phi) is 3.57. The number of rotatable bonds is 3. The Morgan fingerprint density at radius 1 is 1.28 bits per heavy atom. The summed E-state index contributed by atoms with van der Waals surface area (Å²) in [4.78, 5) is 17.4. The fourth-order valence-electron chi connectivity index (χ4n) is 1.70. The Labute approximate surface area is 106 Å². The maximum Gasteiger partial charge on any atom is 0.257 e. The van der Waals surface area contributed by atoms with Crippen LogP contribution in [0.25, 0.3) is 0 Å². The lowest BCUT2D eigenvalue weighted by atomic mass is 10.2. The van der Waals surface area contributed by atoms with Crippen molar-refractivity contribution in [3.05, 3.63) is 59.9 Å². The summed E-state index contributed by atoms with van der Waals surface area (Å²) in [5, 5.41) is 9.59. The molecule has 1 amide bonds. The molecule has 4 nitrogen and oxygen atoms in total. The lowest BCUT2D eigenvalue weighted by molar-refractivity contribution is 0.0782. The third-order valence-corrected chi connectivity index (χ3v) is 2.64. The molecule has 1 aromatic carbocycles. The zero-order valence-corrected chi connectivity index (χ0v) is 10.1. The first-order chi connectivity index (χ1) is 8.68. The average Bonchev–Trinajstić information content (AvgIpc) is 2.39. The highest BCUT2D eigenvalue weighted by Crippen LogP contribution is 2.16. The van der Waals surface area contributed by atoms with E-state index in [4.69, 9.17) is 0 Å². The van der Waals surface area contributed by atoms with E-state index in [1.54, 1.807) is 11.9 Å². The summed E-state index contributed by atoms with van der Waals surface area (Å²) in [5.41, 5.74) is 1.31. The summed E-state index contributed by atoms with van der Waals surface area (Å²) in [5.74, 6) is -0.318. The molecule has 0 aliphatic carbocycles. The number of hydrogen-bond donors (Lipinski definition) is 1. The van der Waals surface area contributed by atoms with Crippen molar-refractivity contribution in [1.29, 1.82) is 0 Å². The van der Waals surface area contributed by atoms with E-state index >= 15 is 0 Å². The van der Waals surface area contributed by atoms with Gasteiger partial charge in [0.25, 0.3) is 5.91 Å². The SMILES string of the molecule is CN(Cc1ccccc1)C(=O)c1ccncc1O. The standard InChI is InChI=1S/C14H14N2O2/c1-16(10-11-5-3-2-4-6-11)14(18)12-7-8-15-9-13(12)17/h2-9,17H,10H2,1H3. The predicted octanol–water partition coefficient (Wildman–Crippen LogP) is 2.06. The van der Waals surface area contributed by atoms with Crippen LogP contribution in [0.15, 0.2) is 48.8 Å². The molecule has 1 heterocycles. The van der Waals surface area contributed by atoms with Gasteiger partial charge in [-0.05, 0) is 11.6 Å². The van der Waals surface area contributed by atoms with E-state index in [1.807, 2.05) is 30.3 Å². The van der Waals surface area contributed by atoms with Gasteiger partial charge in [-0.25, -0.2) is 0 Å². The van der Waals surface area contributed by atoms with Crippen molar-refractivity contribution in [3.63, 3.8) is 0 Å². The van der Waals surface area contributed by atoms with Gasteiger partial charge in [-0.2, -0.15) is 0 Å². The maximum atomic E-state index is 12.1. The van der Waals surface area contributed by atoms with E-state index in [-0.39, 0.29) is 17.2 Å². The zero-order chi connectivity index (χ0) is 13.0. The normalized spacial score (nSPS) is 10.1. The monoisotopic (exact) mass is 242 g/mol. The summed E-state index contributed by atoms with van der Waals surface area (Å²) in [6.45, 7) is 0.501. The molecule has 0 aliphatic heterocycles. The van der Waals surface area contributed by atoms with Crippen molar-refractivity contribution in [3.8, 4) is 5.75 Å². The van der Waals surface area contributed by atoms with Crippen molar-refractivity contribution in [2.45, 2.75) is 6.54 Å². The third kappa shape index (κ3) is 2.66. The highest BCUT2D eigenvalue weighted by molar-refractivity contribution is 5.96. The van der Waals surface area contributed by atoms with Gasteiger partial charge in [-0.3, -0.25) is 9.78 Å². The molecule has 0 saturated carbocycles. The first kappa shape index (κ1) is 12.1. The Bertz CT molecular complexity index is 541. The first-order valence-corrected chi connectivity index (χ1v) is 5.61. The molecular weight excluding hydrogens is 228 g/mol. The Morgan fingerprint density at radius 3 is 2.67 bits per heavy atom. The number of benzene rings is 1. The van der Waals surface area contributed by atoms with E-state index in [9.17, 15) is 9.90 Å². The Morgan fingerprint density at radius 2 is 2.00 bits per heavy atom. The van der Waals surface area contributed by atoms with E-state index in [0.717, 1.165) is 5.56 Å². The summed E-state index contributed by atoms with van der Waals surface area (Å²) < 4.78 is 0. The van der Waals surface area contributed by atoms with Crippen molar-refractivity contribution >= 4 is 5.91 Å². The number of carbonyl (C=O) groups is 1. The van der Waals surface area contributed by atoms with Gasteiger partial charge in [0.1, 0.15) is 5.75 Å². The van der Waals surface area contributed by atoms with Gasteiger partial charge in [0, 0.05) is 19.8 Å².